The number of nitro groups is 1. The average molecular weight is 452 g/mol. The molecule has 1 saturated carbocycles. The summed E-state index contributed by atoms with van der Waals surface area (Å²) in [4.78, 5) is 54.3. The van der Waals surface area contributed by atoms with Gasteiger partial charge in [-0.25, -0.2) is 0 Å². The number of hydrogen-bond donors (Lipinski definition) is 0. The summed E-state index contributed by atoms with van der Waals surface area (Å²) in [6, 6.07) is 5.32. The van der Waals surface area contributed by atoms with Crippen LogP contribution in [0.2, 0.25) is 0 Å². The topological polar surface area (TPSA) is 101 Å². The highest BCUT2D eigenvalue weighted by molar-refractivity contribution is 6.07. The maximum Gasteiger partial charge on any atom is 0.269 e. The van der Waals surface area contributed by atoms with Gasteiger partial charge in [-0.1, -0.05) is 24.3 Å². The fourth-order valence-electron chi connectivity index (χ4n) is 6.59. The summed E-state index contributed by atoms with van der Waals surface area (Å²) in [6.45, 7) is 4.07. The van der Waals surface area contributed by atoms with Crippen LogP contribution >= 0.6 is 0 Å². The molecule has 3 amide bonds. The van der Waals surface area contributed by atoms with Gasteiger partial charge in [-0.15, -0.1) is 0 Å². The van der Waals surface area contributed by atoms with Gasteiger partial charge >= 0.3 is 0 Å². The van der Waals surface area contributed by atoms with E-state index < -0.39 is 11.0 Å². The summed E-state index contributed by atoms with van der Waals surface area (Å²) in [7, 11) is 0. The molecule has 7 atom stereocenters. The molecule has 2 heterocycles. The first-order valence-corrected chi connectivity index (χ1v) is 11.9. The minimum Gasteiger partial charge on any atom is -0.337 e. The lowest BCUT2D eigenvalue weighted by Gasteiger charge is -2.40. The summed E-state index contributed by atoms with van der Waals surface area (Å²) in [5.74, 6) is -1.05. The number of carbonyl (C=O) groups excluding carboxylic acids is 3. The monoisotopic (exact) mass is 451 g/mol. The van der Waals surface area contributed by atoms with Crippen LogP contribution in [-0.2, 0) is 14.4 Å². The average Bonchev–Trinajstić information content (AvgIpc) is 3.46. The molecule has 2 aliphatic heterocycles. The quantitative estimate of drug-likeness (QED) is 0.295. The molecule has 2 bridgehead atoms. The maximum atomic E-state index is 13.5. The third kappa shape index (κ3) is 3.47. The van der Waals surface area contributed by atoms with E-state index in [0.717, 1.165) is 25.7 Å². The molecule has 4 aliphatic rings. The van der Waals surface area contributed by atoms with Crippen molar-refractivity contribution < 1.29 is 19.3 Å². The van der Waals surface area contributed by atoms with E-state index in [4.69, 9.17) is 0 Å². The van der Waals surface area contributed by atoms with Crippen molar-refractivity contribution in [2.45, 2.75) is 64.1 Å². The molecular weight excluding hydrogens is 422 g/mol. The van der Waals surface area contributed by atoms with Crippen molar-refractivity contribution >= 4 is 23.4 Å². The second kappa shape index (κ2) is 8.08. The Kier molecular flexibility index (Phi) is 5.34. The van der Waals surface area contributed by atoms with Gasteiger partial charge in [0.1, 0.15) is 0 Å². The number of carbonyl (C=O) groups is 3. The van der Waals surface area contributed by atoms with E-state index in [2.05, 4.69) is 0 Å². The molecule has 0 spiro atoms. The van der Waals surface area contributed by atoms with Crippen LogP contribution in [0.3, 0.4) is 0 Å². The first-order valence-electron chi connectivity index (χ1n) is 11.9. The van der Waals surface area contributed by atoms with Gasteiger partial charge in [-0.05, 0) is 56.9 Å². The predicted octanol–water partition coefficient (Wildman–Crippen LogP) is 3.62. The van der Waals surface area contributed by atoms with Crippen LogP contribution in [0.15, 0.2) is 36.4 Å². The highest BCUT2D eigenvalue weighted by Gasteiger charge is 2.60. The van der Waals surface area contributed by atoms with Crippen LogP contribution in [0.5, 0.6) is 0 Å². The number of piperidine rings is 1. The minimum absolute atomic E-state index is 0.00777. The standard InChI is InChI=1S/C25H29N3O5/c1-14-4-3-5-15(2)26(14)21(29)13-20(16-8-10-19(11-9-16)28(32)33)27-24(30)22-17-6-7-18(12-17)23(22)25(27)31/h6-11,14-15,17-18,20,22-23H,3-5,12-13H2,1-2H3. The molecule has 0 radical (unpaired) electrons. The fraction of sp³-hybridized carbons (Fsp3) is 0.560. The van der Waals surface area contributed by atoms with Crippen LogP contribution in [0.25, 0.3) is 0 Å². The molecule has 8 heteroatoms. The van der Waals surface area contributed by atoms with Gasteiger partial charge in [0.2, 0.25) is 17.7 Å². The van der Waals surface area contributed by atoms with E-state index in [1.165, 1.54) is 17.0 Å². The summed E-state index contributed by atoms with van der Waals surface area (Å²) in [5, 5.41) is 11.1. The number of fused-ring (bicyclic) bond motifs is 5. The zero-order chi connectivity index (χ0) is 23.4. The smallest absolute Gasteiger partial charge is 0.269 e. The zero-order valence-corrected chi connectivity index (χ0v) is 18.9. The lowest BCUT2D eigenvalue weighted by Crippen LogP contribution is -2.49. The minimum atomic E-state index is -0.760. The Bertz CT molecular complexity index is 995. The molecule has 174 valence electrons. The van der Waals surface area contributed by atoms with Crippen molar-refractivity contribution in [3.05, 3.63) is 52.1 Å². The number of non-ortho nitro benzene ring substituents is 1. The summed E-state index contributed by atoms with van der Waals surface area (Å²) in [6.07, 6.45) is 7.85. The van der Waals surface area contributed by atoms with Gasteiger partial charge in [0.05, 0.1) is 29.2 Å². The number of benzene rings is 1. The van der Waals surface area contributed by atoms with E-state index in [-0.39, 0.29) is 65.6 Å². The van der Waals surface area contributed by atoms with Crippen molar-refractivity contribution in [2.75, 3.05) is 0 Å². The van der Waals surface area contributed by atoms with E-state index in [9.17, 15) is 24.5 Å². The van der Waals surface area contributed by atoms with Crippen LogP contribution in [0.4, 0.5) is 5.69 Å². The fourth-order valence-corrected chi connectivity index (χ4v) is 6.59. The lowest BCUT2D eigenvalue weighted by molar-refractivity contribution is -0.384. The molecule has 2 saturated heterocycles. The van der Waals surface area contributed by atoms with Crippen LogP contribution < -0.4 is 0 Å². The molecule has 1 aromatic carbocycles. The van der Waals surface area contributed by atoms with Crippen molar-refractivity contribution in [1.82, 2.24) is 9.80 Å². The maximum absolute atomic E-state index is 13.5. The highest BCUT2D eigenvalue weighted by Crippen LogP contribution is 2.54. The molecule has 5 rings (SSSR count). The molecule has 1 aromatic rings. The Hall–Kier alpha value is -3.03. The molecule has 0 aromatic heterocycles. The number of allylic oxidation sites excluding steroid dienone is 2. The van der Waals surface area contributed by atoms with Gasteiger partial charge in [0.15, 0.2) is 0 Å². The van der Waals surface area contributed by atoms with E-state index in [0.29, 0.717) is 5.56 Å². The lowest BCUT2D eigenvalue weighted by atomic mass is 9.85. The van der Waals surface area contributed by atoms with Crippen LogP contribution in [-0.4, -0.2) is 44.5 Å². The summed E-state index contributed by atoms with van der Waals surface area (Å²) >= 11 is 0. The predicted molar refractivity (Wildman–Crippen MR) is 120 cm³/mol. The van der Waals surface area contributed by atoms with Gasteiger partial charge in [-0.3, -0.25) is 29.4 Å². The normalized spacial score (nSPS) is 33.5. The number of imide groups is 1. The zero-order valence-electron chi connectivity index (χ0n) is 18.9. The summed E-state index contributed by atoms with van der Waals surface area (Å²) < 4.78 is 0. The molecular formula is C25H29N3O5. The third-order valence-corrected chi connectivity index (χ3v) is 8.15. The van der Waals surface area contributed by atoms with Gasteiger partial charge < -0.3 is 4.90 Å². The molecule has 3 fully saturated rings. The molecule has 7 unspecified atom stereocenters. The Balaban J connectivity index is 1.48. The van der Waals surface area contributed by atoms with Crippen LogP contribution in [0, 0.1) is 33.8 Å². The molecule has 0 N–H and O–H groups in total. The summed E-state index contributed by atoms with van der Waals surface area (Å²) in [5.41, 5.74) is 0.508. The van der Waals surface area contributed by atoms with Crippen molar-refractivity contribution in [1.29, 1.82) is 0 Å². The number of nitro benzene ring substituents is 1. The van der Waals surface area contributed by atoms with Crippen LogP contribution in [0.1, 0.15) is 57.6 Å². The first-order chi connectivity index (χ1) is 15.8. The van der Waals surface area contributed by atoms with Crippen molar-refractivity contribution in [3.8, 4) is 0 Å². The molecule has 33 heavy (non-hydrogen) atoms. The highest BCUT2D eigenvalue weighted by atomic mass is 16.6. The van der Waals surface area contributed by atoms with E-state index >= 15 is 0 Å². The number of amides is 3. The first kappa shape index (κ1) is 21.8. The number of likely N-dealkylation sites (tertiary alicyclic amines) is 2. The Labute approximate surface area is 192 Å². The van der Waals surface area contributed by atoms with E-state index in [1.807, 2.05) is 30.9 Å². The third-order valence-electron chi connectivity index (χ3n) is 8.15. The number of rotatable bonds is 5. The number of nitrogens with zero attached hydrogens (tertiary/aromatic N) is 3. The van der Waals surface area contributed by atoms with Crippen molar-refractivity contribution in [2.24, 2.45) is 23.7 Å². The second-order valence-corrected chi connectivity index (χ2v) is 10.0. The number of hydrogen-bond acceptors (Lipinski definition) is 5. The SMILES string of the molecule is CC1CCCC(C)N1C(=O)CC(c1ccc([N+](=O)[O-])cc1)N1C(=O)C2C3C=CC(C3)C2C1=O. The van der Waals surface area contributed by atoms with E-state index in [1.54, 1.807) is 12.1 Å². The Morgan fingerprint density at radius 2 is 1.58 bits per heavy atom. The molecule has 2 aliphatic carbocycles. The van der Waals surface area contributed by atoms with Gasteiger partial charge in [-0.2, -0.15) is 0 Å². The second-order valence-electron chi connectivity index (χ2n) is 10.0. The van der Waals surface area contributed by atoms with Gasteiger partial charge in [0, 0.05) is 24.2 Å². The van der Waals surface area contributed by atoms with Crippen molar-refractivity contribution in [3.63, 3.8) is 0 Å². The largest absolute Gasteiger partial charge is 0.337 e. The van der Waals surface area contributed by atoms with Gasteiger partial charge in [0.25, 0.3) is 5.69 Å². The molecule has 8 nitrogen and oxygen atoms in total. The Morgan fingerprint density at radius 3 is 2.09 bits per heavy atom. The Morgan fingerprint density at radius 1 is 1.03 bits per heavy atom.